The molecule has 0 aromatic heterocycles. The highest BCUT2D eigenvalue weighted by Crippen LogP contribution is 2.22. The molecule has 1 unspecified atom stereocenters. The third-order valence-electron chi connectivity index (χ3n) is 4.29. The Kier molecular flexibility index (Phi) is 5.62. The van der Waals surface area contributed by atoms with Gasteiger partial charge in [0.2, 0.25) is 0 Å². The maximum atomic E-state index is 12.2. The number of hydrogen-bond donors (Lipinski definition) is 2. The molecule has 1 aliphatic rings. The Labute approximate surface area is 127 Å². The molecule has 4 nitrogen and oxygen atoms in total. The molecule has 1 saturated heterocycles. The zero-order valence-corrected chi connectivity index (χ0v) is 13.1. The van der Waals surface area contributed by atoms with Gasteiger partial charge < -0.3 is 16.0 Å². The minimum Gasteiger partial charge on any atom is -0.325 e. The summed E-state index contributed by atoms with van der Waals surface area (Å²) in [6, 6.07) is 7.80. The molecule has 0 spiro atoms. The molecular formula is C17H27N3O. The fourth-order valence-corrected chi connectivity index (χ4v) is 2.91. The van der Waals surface area contributed by atoms with Crippen LogP contribution in [0.1, 0.15) is 51.1 Å². The summed E-state index contributed by atoms with van der Waals surface area (Å²) in [4.78, 5) is 14.2. The van der Waals surface area contributed by atoms with Gasteiger partial charge in [-0.2, -0.15) is 0 Å². The maximum Gasteiger partial charge on any atom is 0.321 e. The topological polar surface area (TPSA) is 58.4 Å². The van der Waals surface area contributed by atoms with Gasteiger partial charge in [-0.3, -0.25) is 0 Å². The number of rotatable bonds is 4. The summed E-state index contributed by atoms with van der Waals surface area (Å²) < 4.78 is 0. The molecule has 1 aliphatic heterocycles. The van der Waals surface area contributed by atoms with Gasteiger partial charge in [0.1, 0.15) is 0 Å². The molecule has 1 fully saturated rings. The van der Waals surface area contributed by atoms with Gasteiger partial charge in [-0.1, -0.05) is 31.9 Å². The smallest absolute Gasteiger partial charge is 0.321 e. The second-order valence-electron chi connectivity index (χ2n) is 6.06. The van der Waals surface area contributed by atoms with E-state index in [0.29, 0.717) is 0 Å². The summed E-state index contributed by atoms with van der Waals surface area (Å²) in [5.41, 5.74) is 7.73. The number of benzene rings is 1. The lowest BCUT2D eigenvalue weighted by Gasteiger charge is -2.32. The largest absolute Gasteiger partial charge is 0.325 e. The SMILES string of the molecule is CCCC1CCN(C(=O)Nc2ccc(C(C)N)cc2)CC1. The van der Waals surface area contributed by atoms with Crippen molar-refractivity contribution in [3.05, 3.63) is 29.8 Å². The van der Waals surface area contributed by atoms with Crippen molar-refractivity contribution in [3.63, 3.8) is 0 Å². The van der Waals surface area contributed by atoms with Crippen LogP contribution >= 0.6 is 0 Å². The highest BCUT2D eigenvalue weighted by atomic mass is 16.2. The lowest BCUT2D eigenvalue weighted by atomic mass is 9.93. The fraction of sp³-hybridized carbons (Fsp3) is 0.588. The van der Waals surface area contributed by atoms with Crippen LogP contribution in [0.25, 0.3) is 0 Å². The number of piperidine rings is 1. The number of nitrogens with two attached hydrogens (primary N) is 1. The lowest BCUT2D eigenvalue weighted by Crippen LogP contribution is -2.41. The lowest BCUT2D eigenvalue weighted by molar-refractivity contribution is 0.179. The van der Waals surface area contributed by atoms with Crippen LogP contribution in [0.4, 0.5) is 10.5 Å². The van der Waals surface area contributed by atoms with E-state index in [4.69, 9.17) is 5.73 Å². The van der Waals surface area contributed by atoms with E-state index >= 15 is 0 Å². The van der Waals surface area contributed by atoms with E-state index < -0.39 is 0 Å². The number of carbonyl (C=O) groups excluding carboxylic acids is 1. The number of amides is 2. The minimum atomic E-state index is 0.0125. The fourth-order valence-electron chi connectivity index (χ4n) is 2.91. The van der Waals surface area contributed by atoms with E-state index in [0.717, 1.165) is 43.1 Å². The van der Waals surface area contributed by atoms with Crippen molar-refractivity contribution in [1.82, 2.24) is 4.90 Å². The number of nitrogens with zero attached hydrogens (tertiary/aromatic N) is 1. The van der Waals surface area contributed by atoms with Crippen LogP contribution in [0.5, 0.6) is 0 Å². The molecule has 1 heterocycles. The molecule has 3 N–H and O–H groups in total. The van der Waals surface area contributed by atoms with Gasteiger partial charge in [-0.15, -0.1) is 0 Å². The Bertz CT molecular complexity index is 448. The number of hydrogen-bond acceptors (Lipinski definition) is 2. The van der Waals surface area contributed by atoms with Gasteiger partial charge in [0.05, 0.1) is 0 Å². The molecule has 0 radical (unpaired) electrons. The molecule has 1 aromatic carbocycles. The van der Waals surface area contributed by atoms with E-state index in [9.17, 15) is 4.79 Å². The third kappa shape index (κ3) is 4.46. The Hall–Kier alpha value is -1.55. The second-order valence-corrected chi connectivity index (χ2v) is 6.06. The quantitative estimate of drug-likeness (QED) is 0.887. The molecule has 1 aromatic rings. The predicted octanol–water partition coefficient (Wildman–Crippen LogP) is 3.75. The molecule has 2 amide bonds. The normalized spacial score (nSPS) is 17.6. The molecule has 0 aliphatic carbocycles. The summed E-state index contributed by atoms with van der Waals surface area (Å²) in [5, 5.41) is 2.97. The van der Waals surface area contributed by atoms with Gasteiger partial charge >= 0.3 is 6.03 Å². The summed E-state index contributed by atoms with van der Waals surface area (Å²) in [6.07, 6.45) is 4.78. The van der Waals surface area contributed by atoms with E-state index in [2.05, 4.69) is 12.2 Å². The number of likely N-dealkylation sites (tertiary alicyclic amines) is 1. The molecule has 0 bridgehead atoms. The average molecular weight is 289 g/mol. The van der Waals surface area contributed by atoms with Gasteiger partial charge in [0.25, 0.3) is 0 Å². The molecule has 21 heavy (non-hydrogen) atoms. The number of carbonyl (C=O) groups is 1. The Morgan fingerprint density at radius 3 is 2.48 bits per heavy atom. The van der Waals surface area contributed by atoms with Crippen molar-refractivity contribution in [2.45, 2.75) is 45.6 Å². The van der Waals surface area contributed by atoms with Crippen molar-refractivity contribution in [1.29, 1.82) is 0 Å². The van der Waals surface area contributed by atoms with Crippen molar-refractivity contribution in [3.8, 4) is 0 Å². The first-order valence-corrected chi connectivity index (χ1v) is 8.01. The Morgan fingerprint density at radius 2 is 1.95 bits per heavy atom. The average Bonchev–Trinajstić information content (AvgIpc) is 2.49. The van der Waals surface area contributed by atoms with Crippen LogP contribution in [0, 0.1) is 5.92 Å². The van der Waals surface area contributed by atoms with Crippen molar-refractivity contribution < 1.29 is 4.79 Å². The molecule has 1 atom stereocenters. The van der Waals surface area contributed by atoms with Crippen LogP contribution in [0.3, 0.4) is 0 Å². The van der Waals surface area contributed by atoms with Crippen LogP contribution in [0.2, 0.25) is 0 Å². The number of anilines is 1. The van der Waals surface area contributed by atoms with Crippen molar-refractivity contribution in [2.24, 2.45) is 11.7 Å². The highest BCUT2D eigenvalue weighted by molar-refractivity contribution is 5.89. The van der Waals surface area contributed by atoms with Gasteiger partial charge in [-0.05, 0) is 43.4 Å². The summed E-state index contributed by atoms with van der Waals surface area (Å²) in [5.74, 6) is 0.796. The van der Waals surface area contributed by atoms with Crippen LogP contribution < -0.4 is 11.1 Å². The number of urea groups is 1. The summed E-state index contributed by atoms with van der Waals surface area (Å²) >= 11 is 0. The Morgan fingerprint density at radius 1 is 1.33 bits per heavy atom. The second kappa shape index (κ2) is 7.46. The van der Waals surface area contributed by atoms with Crippen molar-refractivity contribution >= 4 is 11.7 Å². The predicted molar refractivity (Wildman–Crippen MR) is 87.3 cm³/mol. The molecule has 116 valence electrons. The first kappa shape index (κ1) is 15.8. The highest BCUT2D eigenvalue weighted by Gasteiger charge is 2.22. The van der Waals surface area contributed by atoms with Crippen molar-refractivity contribution in [2.75, 3.05) is 18.4 Å². The van der Waals surface area contributed by atoms with Gasteiger partial charge in [0.15, 0.2) is 0 Å². The zero-order chi connectivity index (χ0) is 15.2. The van der Waals surface area contributed by atoms with E-state index in [1.54, 1.807) is 0 Å². The summed E-state index contributed by atoms with van der Waals surface area (Å²) in [6.45, 7) is 5.92. The van der Waals surface area contributed by atoms with Crippen LogP contribution in [0.15, 0.2) is 24.3 Å². The van der Waals surface area contributed by atoms with Crippen LogP contribution in [-0.4, -0.2) is 24.0 Å². The zero-order valence-electron chi connectivity index (χ0n) is 13.1. The van der Waals surface area contributed by atoms with Gasteiger partial charge in [0, 0.05) is 24.8 Å². The standard InChI is InChI=1S/C17H27N3O/c1-3-4-14-9-11-20(12-10-14)17(21)19-16-7-5-15(6-8-16)13(2)18/h5-8,13-14H,3-4,9-12,18H2,1-2H3,(H,19,21). The van der Waals surface area contributed by atoms with Crippen LogP contribution in [-0.2, 0) is 0 Å². The van der Waals surface area contributed by atoms with E-state index in [1.807, 2.05) is 36.1 Å². The summed E-state index contributed by atoms with van der Waals surface area (Å²) in [7, 11) is 0. The van der Waals surface area contributed by atoms with E-state index in [-0.39, 0.29) is 12.1 Å². The molecule has 2 rings (SSSR count). The first-order chi connectivity index (χ1) is 10.1. The van der Waals surface area contributed by atoms with Gasteiger partial charge in [-0.25, -0.2) is 4.79 Å². The molecular weight excluding hydrogens is 262 g/mol. The third-order valence-corrected chi connectivity index (χ3v) is 4.29. The maximum absolute atomic E-state index is 12.2. The molecule has 0 saturated carbocycles. The monoisotopic (exact) mass is 289 g/mol. The minimum absolute atomic E-state index is 0.0125. The first-order valence-electron chi connectivity index (χ1n) is 8.01. The number of nitrogens with one attached hydrogen (secondary N) is 1. The van der Waals surface area contributed by atoms with E-state index in [1.165, 1.54) is 12.8 Å². The Balaban J connectivity index is 1.84. The molecule has 4 heteroatoms.